The number of carbonyl (C=O) groups excluding carboxylic acids is 1. The van der Waals surface area contributed by atoms with Crippen molar-refractivity contribution in [3.05, 3.63) is 89.9 Å². The molecule has 0 aliphatic rings. The molecular formula is C19H16O4. The van der Waals surface area contributed by atoms with E-state index in [9.17, 15) is 4.79 Å². The maximum absolute atomic E-state index is 12.1. The maximum Gasteiger partial charge on any atom is 0.374 e. The molecule has 1 aromatic heterocycles. The van der Waals surface area contributed by atoms with Gasteiger partial charge in [-0.15, -0.1) is 0 Å². The smallest absolute Gasteiger partial charge is 0.374 e. The molecule has 2 aromatic carbocycles. The summed E-state index contributed by atoms with van der Waals surface area (Å²) in [6.45, 7) is 0.454. The Morgan fingerprint density at radius 3 is 2.30 bits per heavy atom. The lowest BCUT2D eigenvalue weighted by Gasteiger charge is -2.07. The van der Waals surface area contributed by atoms with Crippen LogP contribution in [0.1, 0.15) is 21.7 Å². The van der Waals surface area contributed by atoms with E-state index < -0.39 is 5.97 Å². The van der Waals surface area contributed by atoms with Gasteiger partial charge < -0.3 is 13.9 Å². The third-order valence-electron chi connectivity index (χ3n) is 3.28. The summed E-state index contributed by atoms with van der Waals surface area (Å²) in [4.78, 5) is 12.1. The van der Waals surface area contributed by atoms with E-state index in [0.29, 0.717) is 5.56 Å². The first-order valence-corrected chi connectivity index (χ1v) is 7.28. The molecule has 0 saturated heterocycles. The quantitative estimate of drug-likeness (QED) is 0.640. The number of furan rings is 1. The van der Waals surface area contributed by atoms with Crippen molar-refractivity contribution in [2.24, 2.45) is 0 Å². The lowest BCUT2D eigenvalue weighted by atomic mass is 10.2. The van der Waals surface area contributed by atoms with Gasteiger partial charge in [0.15, 0.2) is 0 Å². The molecule has 0 N–H and O–H groups in total. The number of esters is 1. The van der Waals surface area contributed by atoms with Crippen LogP contribution >= 0.6 is 0 Å². The van der Waals surface area contributed by atoms with Gasteiger partial charge in [-0.05, 0) is 23.8 Å². The third kappa shape index (κ3) is 4.01. The predicted molar refractivity (Wildman–Crippen MR) is 85.0 cm³/mol. The summed E-state index contributed by atoms with van der Waals surface area (Å²) < 4.78 is 16.2. The normalized spacial score (nSPS) is 10.3. The lowest BCUT2D eigenvalue weighted by Crippen LogP contribution is -2.08. The van der Waals surface area contributed by atoms with Crippen molar-refractivity contribution in [3.63, 3.8) is 0 Å². The first-order chi connectivity index (χ1) is 11.3. The van der Waals surface area contributed by atoms with Crippen molar-refractivity contribution in [3.8, 4) is 5.75 Å². The van der Waals surface area contributed by atoms with Gasteiger partial charge >= 0.3 is 5.97 Å². The van der Waals surface area contributed by atoms with Crippen LogP contribution in [0.4, 0.5) is 0 Å². The number of hydrogen-bond donors (Lipinski definition) is 0. The molecule has 0 spiro atoms. The molecule has 0 amide bonds. The zero-order valence-electron chi connectivity index (χ0n) is 12.5. The minimum Gasteiger partial charge on any atom is -0.489 e. The highest BCUT2D eigenvalue weighted by atomic mass is 16.5. The number of hydrogen-bond acceptors (Lipinski definition) is 4. The van der Waals surface area contributed by atoms with Gasteiger partial charge in [0.25, 0.3) is 0 Å². The fourth-order valence-corrected chi connectivity index (χ4v) is 2.09. The Morgan fingerprint density at radius 2 is 1.57 bits per heavy atom. The van der Waals surface area contributed by atoms with E-state index in [4.69, 9.17) is 13.9 Å². The van der Waals surface area contributed by atoms with Gasteiger partial charge in [0, 0.05) is 5.56 Å². The second-order valence-corrected chi connectivity index (χ2v) is 4.94. The van der Waals surface area contributed by atoms with Gasteiger partial charge in [0.05, 0.1) is 6.26 Å². The molecule has 4 heteroatoms. The molecule has 0 saturated carbocycles. The summed E-state index contributed by atoms with van der Waals surface area (Å²) in [5, 5.41) is 0. The van der Waals surface area contributed by atoms with Crippen LogP contribution in [0.5, 0.6) is 5.75 Å². The van der Waals surface area contributed by atoms with Gasteiger partial charge in [-0.2, -0.15) is 0 Å². The number of rotatable bonds is 6. The van der Waals surface area contributed by atoms with Crippen LogP contribution in [-0.4, -0.2) is 5.97 Å². The standard InChI is InChI=1S/C19H16O4/c20-19(23-13-15-7-3-1-4-8-15)18-16(11-12-21-18)14-22-17-9-5-2-6-10-17/h1-12H,13-14H2. The second-order valence-electron chi connectivity index (χ2n) is 4.94. The minimum atomic E-state index is -0.495. The Bertz CT molecular complexity index is 747. The summed E-state index contributed by atoms with van der Waals surface area (Å²) in [5.74, 6) is 0.416. The van der Waals surface area contributed by atoms with Crippen LogP contribution < -0.4 is 4.74 Å². The lowest BCUT2D eigenvalue weighted by molar-refractivity contribution is 0.0432. The van der Waals surface area contributed by atoms with E-state index in [1.807, 2.05) is 60.7 Å². The number of carbonyl (C=O) groups is 1. The Morgan fingerprint density at radius 1 is 0.870 bits per heavy atom. The molecule has 23 heavy (non-hydrogen) atoms. The molecule has 1 heterocycles. The van der Waals surface area contributed by atoms with Crippen LogP contribution in [0, 0.1) is 0 Å². The van der Waals surface area contributed by atoms with Crippen molar-refractivity contribution < 1.29 is 18.7 Å². The van der Waals surface area contributed by atoms with Gasteiger partial charge in [-0.1, -0.05) is 48.5 Å². The van der Waals surface area contributed by atoms with E-state index >= 15 is 0 Å². The monoisotopic (exact) mass is 308 g/mol. The van der Waals surface area contributed by atoms with E-state index in [-0.39, 0.29) is 19.0 Å². The summed E-state index contributed by atoms with van der Waals surface area (Å²) in [5.41, 5.74) is 1.58. The highest BCUT2D eigenvalue weighted by Gasteiger charge is 2.17. The molecule has 4 nitrogen and oxygen atoms in total. The Balaban J connectivity index is 1.60. The summed E-state index contributed by atoms with van der Waals surface area (Å²) in [7, 11) is 0. The summed E-state index contributed by atoms with van der Waals surface area (Å²) in [6, 6.07) is 20.6. The van der Waals surface area contributed by atoms with Crippen molar-refractivity contribution >= 4 is 5.97 Å². The topological polar surface area (TPSA) is 48.7 Å². The molecule has 3 aromatic rings. The van der Waals surface area contributed by atoms with Crippen molar-refractivity contribution in [1.29, 1.82) is 0 Å². The largest absolute Gasteiger partial charge is 0.489 e. The summed E-state index contributed by atoms with van der Waals surface area (Å²) >= 11 is 0. The number of para-hydroxylation sites is 1. The predicted octanol–water partition coefficient (Wildman–Crippen LogP) is 4.22. The molecule has 0 radical (unpaired) electrons. The summed E-state index contributed by atoms with van der Waals surface area (Å²) in [6.07, 6.45) is 1.46. The third-order valence-corrected chi connectivity index (χ3v) is 3.28. The van der Waals surface area contributed by atoms with Crippen molar-refractivity contribution in [1.82, 2.24) is 0 Å². The van der Waals surface area contributed by atoms with Gasteiger partial charge in [0.1, 0.15) is 19.0 Å². The zero-order valence-corrected chi connectivity index (χ0v) is 12.5. The fraction of sp³-hybridized carbons (Fsp3) is 0.105. The van der Waals surface area contributed by atoms with Crippen LogP contribution in [-0.2, 0) is 18.0 Å². The first-order valence-electron chi connectivity index (χ1n) is 7.28. The van der Waals surface area contributed by atoms with Gasteiger partial charge in [-0.25, -0.2) is 4.79 Å². The van der Waals surface area contributed by atoms with E-state index in [2.05, 4.69) is 0 Å². The Hall–Kier alpha value is -3.01. The first kappa shape index (κ1) is 14.9. The molecule has 116 valence electrons. The molecule has 3 rings (SSSR count). The van der Waals surface area contributed by atoms with E-state index in [1.54, 1.807) is 6.07 Å². The molecular weight excluding hydrogens is 292 g/mol. The van der Waals surface area contributed by atoms with Gasteiger partial charge in [0.2, 0.25) is 5.76 Å². The highest BCUT2D eigenvalue weighted by Crippen LogP contribution is 2.17. The van der Waals surface area contributed by atoms with Crippen LogP contribution in [0.25, 0.3) is 0 Å². The average Bonchev–Trinajstić information content (AvgIpc) is 3.08. The van der Waals surface area contributed by atoms with Crippen LogP contribution in [0.3, 0.4) is 0 Å². The van der Waals surface area contributed by atoms with Crippen molar-refractivity contribution in [2.45, 2.75) is 13.2 Å². The SMILES string of the molecule is O=C(OCc1ccccc1)c1occc1COc1ccccc1. The molecule has 0 aliphatic carbocycles. The molecule has 0 atom stereocenters. The minimum absolute atomic E-state index is 0.178. The highest BCUT2D eigenvalue weighted by molar-refractivity contribution is 5.87. The Labute approximate surface area is 134 Å². The van der Waals surface area contributed by atoms with E-state index in [0.717, 1.165) is 11.3 Å². The number of ether oxygens (including phenoxy) is 2. The fourth-order valence-electron chi connectivity index (χ4n) is 2.09. The second kappa shape index (κ2) is 7.31. The maximum atomic E-state index is 12.1. The molecule has 0 aliphatic heterocycles. The van der Waals surface area contributed by atoms with Crippen LogP contribution in [0.2, 0.25) is 0 Å². The molecule has 0 fully saturated rings. The van der Waals surface area contributed by atoms with E-state index in [1.165, 1.54) is 6.26 Å². The Kier molecular flexibility index (Phi) is 4.74. The molecule has 0 bridgehead atoms. The van der Waals surface area contributed by atoms with Crippen LogP contribution in [0.15, 0.2) is 77.4 Å². The van der Waals surface area contributed by atoms with Gasteiger partial charge in [-0.3, -0.25) is 0 Å². The molecule has 0 unspecified atom stereocenters. The van der Waals surface area contributed by atoms with Crippen molar-refractivity contribution in [2.75, 3.05) is 0 Å². The number of benzene rings is 2. The zero-order chi connectivity index (χ0) is 15.9. The average molecular weight is 308 g/mol.